The molecule has 0 aromatic carbocycles. The Bertz CT molecular complexity index is 268. The van der Waals surface area contributed by atoms with Crippen molar-refractivity contribution >= 4 is 5.91 Å². The predicted molar refractivity (Wildman–Crippen MR) is 59.9 cm³/mol. The minimum Gasteiger partial charge on any atom is -0.372 e. The van der Waals surface area contributed by atoms with Crippen molar-refractivity contribution in [2.75, 3.05) is 26.3 Å². The lowest BCUT2D eigenvalue weighted by Gasteiger charge is -2.22. The van der Waals surface area contributed by atoms with Gasteiger partial charge in [0.25, 0.3) is 0 Å². The van der Waals surface area contributed by atoms with Crippen LogP contribution in [-0.2, 0) is 9.53 Å². The molecule has 0 unspecified atom stereocenters. The Kier molecular flexibility index (Phi) is 5.87. The van der Waals surface area contributed by atoms with E-state index in [-0.39, 0.29) is 25.0 Å². The van der Waals surface area contributed by atoms with Gasteiger partial charge in [-0.05, 0) is 25.8 Å². The van der Waals surface area contributed by atoms with Gasteiger partial charge in [0.1, 0.15) is 6.61 Å². The third kappa shape index (κ3) is 6.20. The largest absolute Gasteiger partial charge is 0.411 e. The molecule has 0 spiro atoms. The molecule has 0 aliphatic heterocycles. The summed E-state index contributed by atoms with van der Waals surface area (Å²) in [6.45, 7) is -0.406. The summed E-state index contributed by atoms with van der Waals surface area (Å²) in [6.07, 6.45) is -1.68. The summed E-state index contributed by atoms with van der Waals surface area (Å²) in [7, 11) is 0. The molecule has 0 atom stereocenters. The Hall–Kier alpha value is -0.820. The van der Waals surface area contributed by atoms with Gasteiger partial charge < -0.3 is 15.4 Å². The van der Waals surface area contributed by atoms with Gasteiger partial charge in [-0.2, -0.15) is 13.2 Å². The molecule has 106 valence electrons. The molecule has 0 bridgehead atoms. The van der Waals surface area contributed by atoms with Crippen LogP contribution in [0, 0.1) is 0 Å². The zero-order valence-electron chi connectivity index (χ0n) is 10.2. The molecule has 4 nitrogen and oxygen atoms in total. The van der Waals surface area contributed by atoms with Crippen molar-refractivity contribution in [3.63, 3.8) is 0 Å². The maximum atomic E-state index is 11.8. The molecule has 0 saturated heterocycles. The molecule has 0 heterocycles. The summed E-state index contributed by atoms with van der Waals surface area (Å²) >= 11 is 0. The number of hydrogen-bond donors (Lipinski definition) is 1. The monoisotopic (exact) mass is 268 g/mol. The first-order chi connectivity index (χ1) is 8.44. The Balaban J connectivity index is 2.20. The highest BCUT2D eigenvalue weighted by Gasteiger charge is 2.32. The highest BCUT2D eigenvalue weighted by molar-refractivity contribution is 5.77. The normalized spacial score (nSPS) is 15.8. The molecular weight excluding hydrogens is 249 g/mol. The Morgan fingerprint density at radius 3 is 2.56 bits per heavy atom. The first-order valence-electron chi connectivity index (χ1n) is 6.08. The van der Waals surface area contributed by atoms with Crippen molar-refractivity contribution in [3.8, 4) is 0 Å². The minimum absolute atomic E-state index is 0.00283. The number of ether oxygens (including phenoxy) is 1. The third-order valence-corrected chi connectivity index (χ3v) is 2.64. The van der Waals surface area contributed by atoms with Gasteiger partial charge in [0.15, 0.2) is 0 Å². The number of rotatable bonds is 8. The van der Waals surface area contributed by atoms with Gasteiger partial charge >= 0.3 is 6.18 Å². The second-order valence-electron chi connectivity index (χ2n) is 4.38. The van der Waals surface area contributed by atoms with Crippen LogP contribution in [0.5, 0.6) is 0 Å². The van der Waals surface area contributed by atoms with Crippen LogP contribution in [0.2, 0.25) is 0 Å². The van der Waals surface area contributed by atoms with Gasteiger partial charge in [0.2, 0.25) is 5.91 Å². The molecule has 1 aliphatic carbocycles. The number of halogens is 3. The number of nitrogens with zero attached hydrogens (tertiary/aromatic N) is 1. The van der Waals surface area contributed by atoms with Crippen molar-refractivity contribution < 1.29 is 22.7 Å². The lowest BCUT2D eigenvalue weighted by Crippen LogP contribution is -2.35. The van der Waals surface area contributed by atoms with Crippen LogP contribution in [0.25, 0.3) is 0 Å². The number of amides is 1. The van der Waals surface area contributed by atoms with Crippen LogP contribution in [0.3, 0.4) is 0 Å². The van der Waals surface area contributed by atoms with Gasteiger partial charge in [-0.25, -0.2) is 0 Å². The molecule has 18 heavy (non-hydrogen) atoms. The average Bonchev–Trinajstić information content (AvgIpc) is 3.08. The Morgan fingerprint density at radius 2 is 2.06 bits per heavy atom. The smallest absolute Gasteiger partial charge is 0.372 e. The van der Waals surface area contributed by atoms with Crippen LogP contribution in [-0.4, -0.2) is 49.3 Å². The SMILES string of the molecule is NCCCN(C(=O)CCOCC(F)(F)F)C1CC1. The van der Waals surface area contributed by atoms with Crippen LogP contribution in [0.1, 0.15) is 25.7 Å². The fraction of sp³-hybridized carbons (Fsp3) is 0.909. The predicted octanol–water partition coefficient (Wildman–Crippen LogP) is 1.30. The third-order valence-electron chi connectivity index (χ3n) is 2.64. The highest BCUT2D eigenvalue weighted by atomic mass is 19.4. The summed E-state index contributed by atoms with van der Waals surface area (Å²) in [4.78, 5) is 13.5. The number of nitrogens with two attached hydrogens (primary N) is 1. The van der Waals surface area contributed by atoms with Gasteiger partial charge in [0, 0.05) is 12.6 Å². The zero-order chi connectivity index (χ0) is 13.6. The number of carbonyl (C=O) groups is 1. The van der Waals surface area contributed by atoms with E-state index in [1.807, 2.05) is 0 Å². The van der Waals surface area contributed by atoms with Crippen molar-refractivity contribution in [3.05, 3.63) is 0 Å². The number of hydrogen-bond acceptors (Lipinski definition) is 3. The van der Waals surface area contributed by atoms with Crippen molar-refractivity contribution in [1.29, 1.82) is 0 Å². The van der Waals surface area contributed by atoms with E-state index < -0.39 is 12.8 Å². The van der Waals surface area contributed by atoms with Crippen LogP contribution < -0.4 is 5.73 Å². The lowest BCUT2D eigenvalue weighted by atomic mass is 10.3. The molecule has 0 aromatic rings. The van der Waals surface area contributed by atoms with Gasteiger partial charge in [-0.15, -0.1) is 0 Å². The summed E-state index contributed by atoms with van der Waals surface area (Å²) in [5.74, 6) is -0.145. The van der Waals surface area contributed by atoms with Gasteiger partial charge in [-0.3, -0.25) is 4.79 Å². The summed E-state index contributed by atoms with van der Waals surface area (Å²) < 4.78 is 39.9. The number of alkyl halides is 3. The first-order valence-corrected chi connectivity index (χ1v) is 6.08. The zero-order valence-corrected chi connectivity index (χ0v) is 10.2. The second kappa shape index (κ2) is 6.94. The van der Waals surface area contributed by atoms with Crippen molar-refractivity contribution in [2.24, 2.45) is 5.73 Å². The minimum atomic E-state index is -4.33. The molecule has 0 aromatic heterocycles. The van der Waals surface area contributed by atoms with Crippen LogP contribution in [0.15, 0.2) is 0 Å². The molecule has 1 aliphatic rings. The molecule has 1 amide bonds. The molecule has 7 heteroatoms. The standard InChI is InChI=1S/C11H19F3N2O2/c12-11(13,14)8-18-7-4-10(17)16(6-1-5-15)9-2-3-9/h9H,1-8,15H2. The van der Waals surface area contributed by atoms with Gasteiger partial charge in [-0.1, -0.05) is 0 Å². The van der Waals surface area contributed by atoms with E-state index in [1.165, 1.54) is 0 Å². The molecule has 2 N–H and O–H groups in total. The fourth-order valence-electron chi connectivity index (χ4n) is 1.65. The maximum Gasteiger partial charge on any atom is 0.411 e. The molecule has 0 radical (unpaired) electrons. The summed E-state index contributed by atoms with van der Waals surface area (Å²) in [5.41, 5.74) is 5.38. The van der Waals surface area contributed by atoms with E-state index in [2.05, 4.69) is 4.74 Å². The quantitative estimate of drug-likeness (QED) is 0.675. The average molecular weight is 268 g/mol. The Morgan fingerprint density at radius 1 is 1.39 bits per heavy atom. The van der Waals surface area contributed by atoms with Crippen molar-refractivity contribution in [2.45, 2.75) is 37.9 Å². The lowest BCUT2D eigenvalue weighted by molar-refractivity contribution is -0.175. The first kappa shape index (κ1) is 15.2. The highest BCUT2D eigenvalue weighted by Crippen LogP contribution is 2.27. The topological polar surface area (TPSA) is 55.6 Å². The Labute approximate surface area is 104 Å². The van der Waals surface area contributed by atoms with E-state index in [0.29, 0.717) is 19.5 Å². The molecule has 1 rings (SSSR count). The number of carbonyl (C=O) groups excluding carboxylic acids is 1. The van der Waals surface area contributed by atoms with Crippen LogP contribution >= 0.6 is 0 Å². The van der Waals surface area contributed by atoms with E-state index in [0.717, 1.165) is 12.8 Å². The van der Waals surface area contributed by atoms with E-state index in [9.17, 15) is 18.0 Å². The summed E-state index contributed by atoms with van der Waals surface area (Å²) in [5, 5.41) is 0. The molecular formula is C11H19F3N2O2. The van der Waals surface area contributed by atoms with E-state index in [4.69, 9.17) is 5.73 Å². The molecule has 1 fully saturated rings. The fourth-order valence-corrected chi connectivity index (χ4v) is 1.65. The molecule has 1 saturated carbocycles. The van der Waals surface area contributed by atoms with Gasteiger partial charge in [0.05, 0.1) is 13.0 Å². The summed E-state index contributed by atoms with van der Waals surface area (Å²) in [6, 6.07) is 0.256. The van der Waals surface area contributed by atoms with Crippen LogP contribution in [0.4, 0.5) is 13.2 Å². The second-order valence-corrected chi connectivity index (χ2v) is 4.38. The maximum absolute atomic E-state index is 11.8. The van der Waals surface area contributed by atoms with Crippen molar-refractivity contribution in [1.82, 2.24) is 4.90 Å². The van der Waals surface area contributed by atoms with E-state index >= 15 is 0 Å². The van der Waals surface area contributed by atoms with E-state index in [1.54, 1.807) is 4.90 Å².